The van der Waals surface area contributed by atoms with Gasteiger partial charge in [0.05, 0.1) is 18.1 Å². The molecule has 1 fully saturated rings. The van der Waals surface area contributed by atoms with Gasteiger partial charge in [-0.15, -0.1) is 6.42 Å². The molecule has 0 aromatic carbocycles. The van der Waals surface area contributed by atoms with Crippen molar-refractivity contribution >= 4 is 15.7 Å². The van der Waals surface area contributed by atoms with E-state index in [1.54, 1.807) is 0 Å². The molecule has 1 aliphatic rings. The quantitative estimate of drug-likeness (QED) is 0.666. The standard InChI is InChI=1S/C11H18N2O3S/c1-2-7-13(11(14)4-3-6-12)10-5-8-17(15,16)9-10/h1,10H,3-9,12H2. The Kier molecular flexibility index (Phi) is 4.97. The smallest absolute Gasteiger partial charge is 0.223 e. The summed E-state index contributed by atoms with van der Waals surface area (Å²) in [5.74, 6) is 2.48. The molecule has 0 saturated carbocycles. The van der Waals surface area contributed by atoms with Crippen molar-refractivity contribution in [1.82, 2.24) is 4.90 Å². The van der Waals surface area contributed by atoms with Crippen LogP contribution in [-0.2, 0) is 14.6 Å². The van der Waals surface area contributed by atoms with E-state index in [1.165, 1.54) is 4.90 Å². The van der Waals surface area contributed by atoms with Gasteiger partial charge in [-0.05, 0) is 19.4 Å². The van der Waals surface area contributed by atoms with Gasteiger partial charge in [-0.1, -0.05) is 5.92 Å². The summed E-state index contributed by atoms with van der Waals surface area (Å²) in [5, 5.41) is 0. The van der Waals surface area contributed by atoms with Crippen LogP contribution in [0.3, 0.4) is 0 Å². The second-order valence-corrected chi connectivity index (χ2v) is 6.40. The summed E-state index contributed by atoms with van der Waals surface area (Å²) in [6.45, 7) is 0.613. The maximum atomic E-state index is 11.9. The first-order valence-corrected chi connectivity index (χ1v) is 7.45. The summed E-state index contributed by atoms with van der Waals surface area (Å²) < 4.78 is 22.8. The topological polar surface area (TPSA) is 80.5 Å². The largest absolute Gasteiger partial charge is 0.330 e. The average molecular weight is 258 g/mol. The maximum Gasteiger partial charge on any atom is 0.223 e. The molecule has 5 nitrogen and oxygen atoms in total. The Morgan fingerprint density at radius 2 is 2.24 bits per heavy atom. The highest BCUT2D eigenvalue weighted by molar-refractivity contribution is 7.91. The second-order valence-electron chi connectivity index (χ2n) is 4.17. The van der Waals surface area contributed by atoms with E-state index in [1.807, 2.05) is 0 Å². The molecule has 1 heterocycles. The van der Waals surface area contributed by atoms with Crippen molar-refractivity contribution in [3.8, 4) is 12.3 Å². The number of terminal acetylenes is 1. The summed E-state index contributed by atoms with van der Waals surface area (Å²) in [4.78, 5) is 13.4. The lowest BCUT2D eigenvalue weighted by atomic mass is 10.2. The second kappa shape index (κ2) is 6.03. The van der Waals surface area contributed by atoms with Crippen molar-refractivity contribution in [2.75, 3.05) is 24.6 Å². The lowest BCUT2D eigenvalue weighted by Crippen LogP contribution is -2.41. The van der Waals surface area contributed by atoms with Crippen molar-refractivity contribution in [2.24, 2.45) is 5.73 Å². The van der Waals surface area contributed by atoms with Crippen LogP contribution in [0.5, 0.6) is 0 Å². The zero-order chi connectivity index (χ0) is 12.9. The van der Waals surface area contributed by atoms with E-state index in [0.29, 0.717) is 25.8 Å². The number of carbonyl (C=O) groups excluding carboxylic acids is 1. The molecule has 2 N–H and O–H groups in total. The first-order chi connectivity index (χ1) is 8.00. The van der Waals surface area contributed by atoms with Crippen LogP contribution >= 0.6 is 0 Å². The molecule has 96 valence electrons. The average Bonchev–Trinajstić information content (AvgIpc) is 2.63. The van der Waals surface area contributed by atoms with E-state index in [2.05, 4.69) is 5.92 Å². The summed E-state index contributed by atoms with van der Waals surface area (Å²) in [7, 11) is -3.00. The van der Waals surface area contributed by atoms with Gasteiger partial charge in [0.25, 0.3) is 0 Å². The molecule has 1 aliphatic heterocycles. The Morgan fingerprint density at radius 3 is 2.71 bits per heavy atom. The third-order valence-electron chi connectivity index (χ3n) is 2.83. The normalized spacial score (nSPS) is 22.0. The van der Waals surface area contributed by atoms with E-state index in [-0.39, 0.29) is 30.0 Å². The molecule has 1 rings (SSSR count). The molecule has 1 amide bonds. The van der Waals surface area contributed by atoms with Gasteiger partial charge in [-0.3, -0.25) is 4.79 Å². The van der Waals surface area contributed by atoms with Crippen molar-refractivity contribution in [1.29, 1.82) is 0 Å². The van der Waals surface area contributed by atoms with Gasteiger partial charge in [-0.2, -0.15) is 0 Å². The van der Waals surface area contributed by atoms with E-state index in [9.17, 15) is 13.2 Å². The molecule has 0 aliphatic carbocycles. The van der Waals surface area contributed by atoms with Crippen molar-refractivity contribution in [2.45, 2.75) is 25.3 Å². The minimum Gasteiger partial charge on any atom is -0.330 e. The van der Waals surface area contributed by atoms with Gasteiger partial charge in [-0.25, -0.2) is 8.42 Å². The first-order valence-electron chi connectivity index (χ1n) is 5.63. The molecule has 0 aromatic rings. The van der Waals surface area contributed by atoms with Gasteiger partial charge in [0.1, 0.15) is 0 Å². The highest BCUT2D eigenvalue weighted by Crippen LogP contribution is 2.18. The summed E-state index contributed by atoms with van der Waals surface area (Å²) in [5.41, 5.74) is 5.34. The third-order valence-corrected chi connectivity index (χ3v) is 4.58. The van der Waals surface area contributed by atoms with Gasteiger partial charge >= 0.3 is 0 Å². The van der Waals surface area contributed by atoms with Crippen LogP contribution < -0.4 is 5.73 Å². The van der Waals surface area contributed by atoms with Crippen LogP contribution in [0.4, 0.5) is 0 Å². The van der Waals surface area contributed by atoms with Gasteiger partial charge in [0.2, 0.25) is 5.91 Å². The molecule has 17 heavy (non-hydrogen) atoms. The highest BCUT2D eigenvalue weighted by atomic mass is 32.2. The number of carbonyl (C=O) groups is 1. The molecule has 0 bridgehead atoms. The molecule has 1 saturated heterocycles. The van der Waals surface area contributed by atoms with Crippen LogP contribution in [0.15, 0.2) is 0 Å². The van der Waals surface area contributed by atoms with Crippen LogP contribution in [0.2, 0.25) is 0 Å². The van der Waals surface area contributed by atoms with Gasteiger partial charge in [0, 0.05) is 12.5 Å². The van der Waals surface area contributed by atoms with Crippen LogP contribution in [0.25, 0.3) is 0 Å². The summed E-state index contributed by atoms with van der Waals surface area (Å²) in [6, 6.07) is -0.263. The minimum absolute atomic E-state index is 0.0308. The third kappa shape index (κ3) is 4.02. The van der Waals surface area contributed by atoms with Crippen LogP contribution in [0.1, 0.15) is 19.3 Å². The highest BCUT2D eigenvalue weighted by Gasteiger charge is 2.33. The number of rotatable bonds is 5. The Balaban J connectivity index is 2.67. The van der Waals surface area contributed by atoms with Crippen molar-refractivity contribution in [3.63, 3.8) is 0 Å². The summed E-state index contributed by atoms with van der Waals surface area (Å²) >= 11 is 0. The molecular weight excluding hydrogens is 240 g/mol. The summed E-state index contributed by atoms with van der Waals surface area (Å²) in [6.07, 6.45) is 6.62. The molecular formula is C11H18N2O3S. The molecule has 1 unspecified atom stereocenters. The first kappa shape index (κ1) is 14.0. The van der Waals surface area contributed by atoms with E-state index in [4.69, 9.17) is 12.2 Å². The Hall–Kier alpha value is -1.06. The Morgan fingerprint density at radius 1 is 1.53 bits per heavy atom. The fourth-order valence-electron chi connectivity index (χ4n) is 1.94. The molecule has 1 atom stereocenters. The number of hydrogen-bond donors (Lipinski definition) is 1. The molecule has 6 heteroatoms. The van der Waals surface area contributed by atoms with Gasteiger partial charge < -0.3 is 10.6 Å². The van der Waals surface area contributed by atoms with E-state index in [0.717, 1.165) is 0 Å². The van der Waals surface area contributed by atoms with Gasteiger partial charge in [0.15, 0.2) is 9.84 Å². The predicted molar refractivity (Wildman–Crippen MR) is 65.9 cm³/mol. The molecule has 0 spiro atoms. The zero-order valence-electron chi connectivity index (χ0n) is 9.76. The number of sulfone groups is 1. The van der Waals surface area contributed by atoms with Crippen LogP contribution in [-0.4, -0.2) is 49.9 Å². The molecule has 0 aromatic heterocycles. The fourth-order valence-corrected chi connectivity index (χ4v) is 3.67. The lowest BCUT2D eigenvalue weighted by Gasteiger charge is -2.26. The Labute approximate surface area is 102 Å². The molecule has 0 radical (unpaired) electrons. The van der Waals surface area contributed by atoms with E-state index >= 15 is 0 Å². The number of nitrogens with zero attached hydrogens (tertiary/aromatic N) is 1. The number of hydrogen-bond acceptors (Lipinski definition) is 4. The SMILES string of the molecule is C#CCN(C(=O)CCCN)C1CCS(=O)(=O)C1. The lowest BCUT2D eigenvalue weighted by molar-refractivity contribution is -0.132. The van der Waals surface area contributed by atoms with E-state index < -0.39 is 9.84 Å². The van der Waals surface area contributed by atoms with Crippen molar-refractivity contribution in [3.05, 3.63) is 0 Å². The van der Waals surface area contributed by atoms with Crippen molar-refractivity contribution < 1.29 is 13.2 Å². The van der Waals surface area contributed by atoms with Crippen LogP contribution in [0, 0.1) is 12.3 Å². The minimum atomic E-state index is -3.00. The zero-order valence-corrected chi connectivity index (χ0v) is 10.6. The number of amides is 1. The maximum absolute atomic E-state index is 11.9. The fraction of sp³-hybridized carbons (Fsp3) is 0.727. The predicted octanol–water partition coefficient (Wildman–Crippen LogP) is -0.626. The Bertz CT molecular complexity index is 411. The monoisotopic (exact) mass is 258 g/mol. The number of nitrogens with two attached hydrogens (primary N) is 1.